The molecule has 23 heavy (non-hydrogen) atoms. The molecular weight excluding hydrogens is 305 g/mol. The van der Waals surface area contributed by atoms with Gasteiger partial charge in [0.2, 0.25) is 0 Å². The van der Waals surface area contributed by atoms with Gasteiger partial charge in [0, 0.05) is 6.42 Å². The summed E-state index contributed by atoms with van der Waals surface area (Å²) in [6, 6.07) is 13.5. The van der Waals surface area contributed by atoms with Crippen LogP contribution < -0.4 is 0 Å². The molecule has 0 radical (unpaired) electrons. The monoisotopic (exact) mass is 322 g/mol. The Morgan fingerprint density at radius 2 is 1.57 bits per heavy atom. The SMILES string of the molecule is CC(C(=O)CCc1ccccc1)(c1ccc(O)cc1)C(F)(F)F. The van der Waals surface area contributed by atoms with Gasteiger partial charge in [-0.05, 0) is 36.6 Å². The van der Waals surface area contributed by atoms with Gasteiger partial charge in [0.15, 0.2) is 5.78 Å². The average Bonchev–Trinajstić information content (AvgIpc) is 2.52. The van der Waals surface area contributed by atoms with Crippen molar-refractivity contribution < 1.29 is 23.1 Å². The lowest BCUT2D eigenvalue weighted by atomic mass is 9.76. The van der Waals surface area contributed by atoms with E-state index in [0.29, 0.717) is 0 Å². The van der Waals surface area contributed by atoms with E-state index in [0.717, 1.165) is 36.8 Å². The van der Waals surface area contributed by atoms with Gasteiger partial charge >= 0.3 is 6.18 Å². The van der Waals surface area contributed by atoms with Crippen LogP contribution in [-0.2, 0) is 16.6 Å². The van der Waals surface area contributed by atoms with Gasteiger partial charge in [0.25, 0.3) is 0 Å². The Morgan fingerprint density at radius 1 is 1.00 bits per heavy atom. The van der Waals surface area contributed by atoms with Crippen molar-refractivity contribution in [2.24, 2.45) is 0 Å². The highest BCUT2D eigenvalue weighted by Crippen LogP contribution is 2.43. The van der Waals surface area contributed by atoms with Crippen molar-refractivity contribution in [1.82, 2.24) is 0 Å². The number of rotatable bonds is 5. The zero-order valence-corrected chi connectivity index (χ0v) is 12.6. The molecule has 5 heteroatoms. The van der Waals surface area contributed by atoms with Crippen LogP contribution in [0.3, 0.4) is 0 Å². The highest BCUT2D eigenvalue weighted by molar-refractivity contribution is 5.91. The molecule has 2 aromatic carbocycles. The first-order valence-corrected chi connectivity index (χ1v) is 7.18. The van der Waals surface area contributed by atoms with Crippen molar-refractivity contribution in [1.29, 1.82) is 0 Å². The maximum Gasteiger partial charge on any atom is 0.405 e. The molecule has 0 bridgehead atoms. The summed E-state index contributed by atoms with van der Waals surface area (Å²) in [5.74, 6) is -1.03. The first kappa shape index (κ1) is 17.1. The highest BCUT2D eigenvalue weighted by atomic mass is 19.4. The number of aryl methyl sites for hydroxylation is 1. The number of benzene rings is 2. The largest absolute Gasteiger partial charge is 0.508 e. The summed E-state index contributed by atoms with van der Waals surface area (Å²) in [6.07, 6.45) is -4.66. The van der Waals surface area contributed by atoms with Crippen LogP contribution in [0.15, 0.2) is 54.6 Å². The normalized spacial score (nSPS) is 14.3. The van der Waals surface area contributed by atoms with Gasteiger partial charge in [-0.25, -0.2) is 0 Å². The number of Topliss-reactive ketones (excluding diaryl/α,β-unsaturated/α-hetero) is 1. The molecule has 1 atom stereocenters. The fourth-order valence-corrected chi connectivity index (χ4v) is 2.43. The molecule has 0 aliphatic carbocycles. The molecule has 0 amide bonds. The van der Waals surface area contributed by atoms with E-state index in [1.165, 1.54) is 0 Å². The Balaban J connectivity index is 2.27. The summed E-state index contributed by atoms with van der Waals surface area (Å²) >= 11 is 0. The lowest BCUT2D eigenvalue weighted by Crippen LogP contribution is -2.46. The first-order valence-electron chi connectivity index (χ1n) is 7.18. The van der Waals surface area contributed by atoms with Crippen LogP contribution in [-0.4, -0.2) is 17.1 Å². The van der Waals surface area contributed by atoms with E-state index in [1.54, 1.807) is 24.3 Å². The summed E-state index contributed by atoms with van der Waals surface area (Å²) in [6.45, 7) is 0.896. The van der Waals surface area contributed by atoms with E-state index in [4.69, 9.17) is 0 Å². The summed E-state index contributed by atoms with van der Waals surface area (Å²) in [4.78, 5) is 12.4. The molecule has 122 valence electrons. The third-order valence-electron chi connectivity index (χ3n) is 4.05. The minimum Gasteiger partial charge on any atom is -0.508 e. The number of hydrogen-bond acceptors (Lipinski definition) is 2. The van der Waals surface area contributed by atoms with E-state index >= 15 is 0 Å². The maximum atomic E-state index is 13.6. The minimum atomic E-state index is -4.71. The van der Waals surface area contributed by atoms with Crippen molar-refractivity contribution in [2.75, 3.05) is 0 Å². The van der Waals surface area contributed by atoms with Crippen LogP contribution in [0, 0.1) is 0 Å². The summed E-state index contributed by atoms with van der Waals surface area (Å²) < 4.78 is 40.8. The predicted octanol–water partition coefficient (Wildman–Crippen LogP) is 4.41. The van der Waals surface area contributed by atoms with Gasteiger partial charge in [-0.2, -0.15) is 13.2 Å². The molecule has 0 spiro atoms. The van der Waals surface area contributed by atoms with Gasteiger partial charge in [0.05, 0.1) is 0 Å². The van der Waals surface area contributed by atoms with Crippen molar-refractivity contribution in [3.05, 3.63) is 65.7 Å². The molecule has 0 fully saturated rings. The Bertz CT molecular complexity index is 663. The summed E-state index contributed by atoms with van der Waals surface area (Å²) in [5, 5.41) is 9.25. The first-order chi connectivity index (χ1) is 10.7. The lowest BCUT2D eigenvalue weighted by molar-refractivity contribution is -0.190. The molecule has 0 heterocycles. The van der Waals surface area contributed by atoms with Gasteiger partial charge in [-0.1, -0.05) is 42.5 Å². The average molecular weight is 322 g/mol. The molecule has 2 nitrogen and oxygen atoms in total. The van der Waals surface area contributed by atoms with Crippen molar-refractivity contribution >= 4 is 5.78 Å². The van der Waals surface area contributed by atoms with E-state index in [1.807, 2.05) is 6.07 Å². The third kappa shape index (κ3) is 3.55. The molecule has 2 aromatic rings. The minimum absolute atomic E-state index is 0.144. The van der Waals surface area contributed by atoms with Gasteiger partial charge in [0.1, 0.15) is 11.2 Å². The van der Waals surface area contributed by atoms with E-state index < -0.39 is 17.4 Å². The smallest absolute Gasteiger partial charge is 0.405 e. The van der Waals surface area contributed by atoms with Crippen molar-refractivity contribution in [3.63, 3.8) is 0 Å². The molecule has 1 N–H and O–H groups in total. The second-order valence-corrected chi connectivity index (χ2v) is 5.58. The molecule has 0 saturated heterocycles. The zero-order valence-electron chi connectivity index (χ0n) is 12.6. The number of phenols is 1. The predicted molar refractivity (Wildman–Crippen MR) is 81.3 cm³/mol. The van der Waals surface area contributed by atoms with Crippen LogP contribution >= 0.6 is 0 Å². The van der Waals surface area contributed by atoms with E-state index in [-0.39, 0.29) is 24.2 Å². The fraction of sp³-hybridized carbons (Fsp3) is 0.278. The lowest BCUT2D eigenvalue weighted by Gasteiger charge is -2.31. The van der Waals surface area contributed by atoms with Gasteiger partial charge in [-0.3, -0.25) is 4.79 Å². The number of alkyl halides is 3. The summed E-state index contributed by atoms with van der Waals surface area (Å²) in [7, 11) is 0. The second kappa shape index (κ2) is 6.44. The number of ketones is 1. The molecule has 1 unspecified atom stereocenters. The number of aromatic hydroxyl groups is 1. The number of phenolic OH excluding ortho intramolecular Hbond substituents is 1. The topological polar surface area (TPSA) is 37.3 Å². The van der Waals surface area contributed by atoms with E-state index in [9.17, 15) is 23.1 Å². The van der Waals surface area contributed by atoms with Crippen molar-refractivity contribution in [2.45, 2.75) is 31.4 Å². The number of carbonyl (C=O) groups excluding carboxylic acids is 1. The molecular formula is C18H17F3O2. The number of hydrogen-bond donors (Lipinski definition) is 1. The van der Waals surface area contributed by atoms with Crippen LogP contribution in [0.1, 0.15) is 24.5 Å². The molecule has 2 rings (SSSR count). The van der Waals surface area contributed by atoms with Gasteiger partial charge < -0.3 is 5.11 Å². The van der Waals surface area contributed by atoms with E-state index in [2.05, 4.69) is 0 Å². The van der Waals surface area contributed by atoms with Crippen LogP contribution in [0.2, 0.25) is 0 Å². The highest BCUT2D eigenvalue weighted by Gasteiger charge is 2.56. The molecule has 0 aliphatic heterocycles. The fourth-order valence-electron chi connectivity index (χ4n) is 2.43. The Morgan fingerprint density at radius 3 is 2.09 bits per heavy atom. The molecule has 0 aliphatic rings. The maximum absolute atomic E-state index is 13.6. The summed E-state index contributed by atoms with van der Waals surface area (Å²) in [5.41, 5.74) is -1.94. The van der Waals surface area contributed by atoms with Crippen LogP contribution in [0.4, 0.5) is 13.2 Å². The number of halogens is 3. The second-order valence-electron chi connectivity index (χ2n) is 5.58. The third-order valence-corrected chi connectivity index (χ3v) is 4.05. The molecule has 0 saturated carbocycles. The van der Waals surface area contributed by atoms with Crippen LogP contribution in [0.5, 0.6) is 5.75 Å². The van der Waals surface area contributed by atoms with Gasteiger partial charge in [-0.15, -0.1) is 0 Å². The molecule has 0 aromatic heterocycles. The number of carbonyl (C=O) groups is 1. The van der Waals surface area contributed by atoms with Crippen molar-refractivity contribution in [3.8, 4) is 5.75 Å². The Labute approximate surface area is 132 Å². The van der Waals surface area contributed by atoms with Crippen LogP contribution in [0.25, 0.3) is 0 Å². The Hall–Kier alpha value is -2.30. The Kier molecular flexibility index (Phi) is 4.78. The standard InChI is InChI=1S/C18H17F3O2/c1-17(18(19,20)21,14-8-10-15(22)11-9-14)16(23)12-7-13-5-3-2-4-6-13/h2-6,8-11,22H,7,12H2,1H3. The quantitative estimate of drug-likeness (QED) is 0.885. The zero-order chi connectivity index (χ0) is 17.1.